The lowest BCUT2D eigenvalue weighted by atomic mass is 10.2. The molecule has 1 aliphatic heterocycles. The first-order valence-corrected chi connectivity index (χ1v) is 13.6. The van der Waals surface area contributed by atoms with Gasteiger partial charge >= 0.3 is 23.9 Å². The number of rotatable bonds is 20. The van der Waals surface area contributed by atoms with Crippen LogP contribution in [-0.2, 0) is 35.3 Å². The third-order valence-corrected chi connectivity index (χ3v) is 6.78. The maximum Gasteiger partial charge on any atom is 0.317 e. The second-order valence-electron chi connectivity index (χ2n) is 10.2. The summed E-state index contributed by atoms with van der Waals surface area (Å²) in [6, 6.07) is 8.36. The predicted molar refractivity (Wildman–Crippen MR) is 149 cm³/mol. The monoisotopic (exact) mass is 595 g/mol. The number of piperazine rings is 1. The van der Waals surface area contributed by atoms with Crippen LogP contribution in [0, 0.1) is 0 Å². The summed E-state index contributed by atoms with van der Waals surface area (Å²) in [6.07, 6.45) is 0. The fraction of sp³-hybridized carbons (Fsp3) is 0.593. The van der Waals surface area contributed by atoms with E-state index in [1.165, 1.54) is 9.80 Å². The molecule has 42 heavy (non-hydrogen) atoms. The van der Waals surface area contributed by atoms with Crippen molar-refractivity contribution in [1.82, 2.24) is 24.5 Å². The Labute approximate surface area is 244 Å². The van der Waals surface area contributed by atoms with Gasteiger partial charge in [-0.05, 0) is 12.6 Å². The molecule has 1 aromatic carbocycles. The number of hydrogen-bond donors (Lipinski definition) is 4. The van der Waals surface area contributed by atoms with Gasteiger partial charge in [-0.15, -0.1) is 0 Å². The molecule has 1 unspecified atom stereocenters. The Balaban J connectivity index is 2.19. The summed E-state index contributed by atoms with van der Waals surface area (Å²) in [4.78, 5) is 67.2. The van der Waals surface area contributed by atoms with Crippen LogP contribution >= 0.6 is 0 Å². The highest BCUT2D eigenvalue weighted by molar-refractivity contribution is 5.83. The number of hydrogen-bond acceptors (Lipinski definition) is 10. The molecular formula is C27H41N5O10. The molecule has 0 aliphatic carbocycles. The van der Waals surface area contributed by atoms with E-state index in [1.54, 1.807) is 4.90 Å². The third-order valence-electron chi connectivity index (χ3n) is 6.78. The molecule has 0 saturated carbocycles. The van der Waals surface area contributed by atoms with Gasteiger partial charge in [-0.3, -0.25) is 38.7 Å². The van der Waals surface area contributed by atoms with E-state index in [1.807, 2.05) is 37.4 Å². The number of carboxylic acid groups (broad SMARTS) is 4. The minimum absolute atomic E-state index is 0.00368. The first kappa shape index (κ1) is 34.6. The van der Waals surface area contributed by atoms with Crippen molar-refractivity contribution in [3.63, 3.8) is 0 Å². The Morgan fingerprint density at radius 3 is 1.79 bits per heavy atom. The van der Waals surface area contributed by atoms with Crippen molar-refractivity contribution in [3.8, 4) is 0 Å². The molecule has 2 rings (SSSR count). The van der Waals surface area contributed by atoms with Crippen LogP contribution in [0.5, 0.6) is 0 Å². The van der Waals surface area contributed by atoms with Crippen LogP contribution in [0.1, 0.15) is 5.56 Å². The van der Waals surface area contributed by atoms with Crippen molar-refractivity contribution in [2.24, 2.45) is 0 Å². The van der Waals surface area contributed by atoms with Gasteiger partial charge in [0.15, 0.2) is 0 Å². The SMILES string of the molecule is CN1CCN(C(=O)C(COCc2ccccc2)N(CCN(CCN(CC(=O)O)CC(=O)O)CC(=O)O)CC(=O)O)CC1. The quantitative estimate of drug-likeness (QED) is 0.137. The first-order chi connectivity index (χ1) is 19.9. The van der Waals surface area contributed by atoms with Crippen molar-refractivity contribution in [1.29, 1.82) is 0 Å². The fourth-order valence-corrected chi connectivity index (χ4v) is 4.56. The number of benzene rings is 1. The third kappa shape index (κ3) is 13.4. The zero-order valence-corrected chi connectivity index (χ0v) is 23.8. The number of carbonyl (C=O) groups excluding carboxylic acids is 1. The van der Waals surface area contributed by atoms with Gasteiger partial charge in [0, 0.05) is 52.4 Å². The molecule has 1 aromatic rings. The number of ether oxygens (including phenoxy) is 1. The van der Waals surface area contributed by atoms with Crippen LogP contribution in [0.15, 0.2) is 30.3 Å². The summed E-state index contributed by atoms with van der Waals surface area (Å²) in [5.74, 6) is -5.08. The van der Waals surface area contributed by atoms with Gasteiger partial charge in [0.25, 0.3) is 0 Å². The van der Waals surface area contributed by atoms with Gasteiger partial charge in [-0.2, -0.15) is 0 Å². The summed E-state index contributed by atoms with van der Waals surface area (Å²) >= 11 is 0. The number of amides is 1. The normalized spacial score (nSPS) is 14.8. The summed E-state index contributed by atoms with van der Waals surface area (Å²) < 4.78 is 5.88. The number of likely N-dealkylation sites (N-methyl/N-ethyl adjacent to an activating group) is 1. The Bertz CT molecular complexity index is 1020. The second kappa shape index (κ2) is 18.0. The van der Waals surface area contributed by atoms with E-state index in [2.05, 4.69) is 4.90 Å². The minimum atomic E-state index is -1.23. The van der Waals surface area contributed by atoms with E-state index < -0.39 is 56.1 Å². The molecule has 0 radical (unpaired) electrons. The number of nitrogens with zero attached hydrogens (tertiary/aromatic N) is 5. The largest absolute Gasteiger partial charge is 0.480 e. The molecule has 0 bridgehead atoms. The van der Waals surface area contributed by atoms with Crippen molar-refractivity contribution in [2.75, 3.05) is 92.2 Å². The summed E-state index contributed by atoms with van der Waals surface area (Å²) in [7, 11) is 1.95. The van der Waals surface area contributed by atoms with Crippen LogP contribution in [0.4, 0.5) is 0 Å². The molecule has 15 heteroatoms. The standard InChI is InChI=1S/C27H41N5O10/c1-28-7-12-31(13-8-28)27(41)22(20-42-19-21-5-3-2-4-6-21)32(18-26(39)40)14-11-29(15-23(33)34)9-10-30(16-24(35)36)17-25(37)38/h2-6,22H,7-20H2,1H3,(H,33,34)(H,35,36)(H,37,38)(H,39,40). The Morgan fingerprint density at radius 1 is 0.738 bits per heavy atom. The lowest BCUT2D eigenvalue weighted by Gasteiger charge is -2.38. The average molecular weight is 596 g/mol. The highest BCUT2D eigenvalue weighted by atomic mass is 16.5. The summed E-state index contributed by atoms with van der Waals surface area (Å²) in [5.41, 5.74) is 0.882. The summed E-state index contributed by atoms with van der Waals surface area (Å²) in [6.45, 7) is 0.352. The minimum Gasteiger partial charge on any atom is -0.480 e. The fourth-order valence-electron chi connectivity index (χ4n) is 4.56. The van der Waals surface area contributed by atoms with Gasteiger partial charge in [-0.25, -0.2) is 0 Å². The van der Waals surface area contributed by atoms with Gasteiger partial charge in [0.2, 0.25) is 5.91 Å². The van der Waals surface area contributed by atoms with Crippen molar-refractivity contribution in [2.45, 2.75) is 12.6 Å². The van der Waals surface area contributed by atoms with E-state index in [9.17, 15) is 34.2 Å². The van der Waals surface area contributed by atoms with Crippen LogP contribution in [0.3, 0.4) is 0 Å². The molecule has 1 atom stereocenters. The smallest absolute Gasteiger partial charge is 0.317 e. The van der Waals surface area contributed by atoms with E-state index >= 15 is 0 Å². The number of carboxylic acids is 4. The molecular weight excluding hydrogens is 554 g/mol. The van der Waals surface area contributed by atoms with Gasteiger partial charge in [0.1, 0.15) is 6.04 Å². The predicted octanol–water partition coefficient (Wildman–Crippen LogP) is -1.41. The molecule has 234 valence electrons. The van der Waals surface area contributed by atoms with Crippen LogP contribution in [0.2, 0.25) is 0 Å². The first-order valence-electron chi connectivity index (χ1n) is 13.6. The molecule has 1 amide bonds. The van der Waals surface area contributed by atoms with Crippen molar-refractivity contribution >= 4 is 29.8 Å². The Hall–Kier alpha value is -3.63. The van der Waals surface area contributed by atoms with E-state index in [0.29, 0.717) is 26.2 Å². The maximum atomic E-state index is 13.7. The molecule has 1 heterocycles. The van der Waals surface area contributed by atoms with Crippen LogP contribution in [0.25, 0.3) is 0 Å². The molecule has 1 saturated heterocycles. The average Bonchev–Trinajstić information content (AvgIpc) is 2.91. The molecule has 1 aliphatic rings. The zero-order valence-electron chi connectivity index (χ0n) is 23.8. The van der Waals surface area contributed by atoms with Gasteiger partial charge in [-0.1, -0.05) is 30.3 Å². The Morgan fingerprint density at radius 2 is 1.24 bits per heavy atom. The topological polar surface area (TPSA) is 192 Å². The highest BCUT2D eigenvalue weighted by Gasteiger charge is 2.33. The molecule has 0 aromatic heterocycles. The van der Waals surface area contributed by atoms with Crippen LogP contribution in [-0.4, -0.2) is 173 Å². The lowest BCUT2D eigenvalue weighted by molar-refractivity contribution is -0.146. The second-order valence-corrected chi connectivity index (χ2v) is 10.2. The zero-order chi connectivity index (χ0) is 31.1. The maximum absolute atomic E-state index is 13.7. The van der Waals surface area contributed by atoms with Gasteiger partial charge < -0.3 is 35.0 Å². The number of carbonyl (C=O) groups is 5. The molecule has 0 spiro atoms. The molecule has 4 N–H and O–H groups in total. The summed E-state index contributed by atoms with van der Waals surface area (Å²) in [5, 5.41) is 37.3. The molecule has 15 nitrogen and oxygen atoms in total. The van der Waals surface area contributed by atoms with E-state index in [0.717, 1.165) is 10.5 Å². The van der Waals surface area contributed by atoms with Gasteiger partial charge in [0.05, 0.1) is 39.4 Å². The highest BCUT2D eigenvalue weighted by Crippen LogP contribution is 2.11. The van der Waals surface area contributed by atoms with Crippen molar-refractivity contribution < 1.29 is 49.1 Å². The van der Waals surface area contributed by atoms with E-state index in [-0.39, 0.29) is 45.3 Å². The Kier molecular flexibility index (Phi) is 14.8. The lowest BCUT2D eigenvalue weighted by Crippen LogP contribution is -2.57. The molecule has 1 fully saturated rings. The number of aliphatic carboxylic acids is 4. The van der Waals surface area contributed by atoms with Crippen molar-refractivity contribution in [3.05, 3.63) is 35.9 Å². The van der Waals surface area contributed by atoms with Crippen LogP contribution < -0.4 is 0 Å². The van der Waals surface area contributed by atoms with E-state index in [4.69, 9.17) is 14.9 Å².